The number of nitrogens with zero attached hydrogens (tertiary/aromatic N) is 2. The third-order valence-electron chi connectivity index (χ3n) is 5.83. The fourth-order valence-corrected chi connectivity index (χ4v) is 4.34. The first-order chi connectivity index (χ1) is 14.6. The molecule has 1 aromatic heterocycles. The zero-order chi connectivity index (χ0) is 21.0. The van der Waals surface area contributed by atoms with Gasteiger partial charge in [0.15, 0.2) is 0 Å². The summed E-state index contributed by atoms with van der Waals surface area (Å²) in [5.74, 6) is 0.00888. The molecule has 0 saturated heterocycles. The van der Waals surface area contributed by atoms with E-state index in [0.717, 1.165) is 42.5 Å². The van der Waals surface area contributed by atoms with Crippen LogP contribution in [0.1, 0.15) is 31.2 Å². The van der Waals surface area contributed by atoms with Gasteiger partial charge in [-0.2, -0.15) is 5.10 Å². The molecule has 1 saturated carbocycles. The molecule has 0 unspecified atom stereocenters. The Morgan fingerprint density at radius 1 is 1.00 bits per heavy atom. The van der Waals surface area contributed by atoms with E-state index in [1.165, 1.54) is 10.7 Å². The van der Waals surface area contributed by atoms with E-state index in [-0.39, 0.29) is 11.5 Å². The molecular weight excluding hydrogens is 398 g/mol. The summed E-state index contributed by atoms with van der Waals surface area (Å²) in [7, 11) is 0. The number of aromatic nitrogens is 2. The van der Waals surface area contributed by atoms with Crippen molar-refractivity contribution >= 4 is 17.5 Å². The molecule has 6 heteroatoms. The average molecular weight is 422 g/mol. The summed E-state index contributed by atoms with van der Waals surface area (Å²) < 4.78 is 1.41. The van der Waals surface area contributed by atoms with Crippen LogP contribution in [-0.2, 0) is 16.8 Å². The topological polar surface area (TPSA) is 64.0 Å². The molecule has 5 nitrogen and oxygen atoms in total. The molecule has 1 amide bonds. The van der Waals surface area contributed by atoms with Crippen LogP contribution in [0.3, 0.4) is 0 Å². The van der Waals surface area contributed by atoms with Crippen LogP contribution in [-0.4, -0.2) is 22.2 Å². The first kappa shape index (κ1) is 20.4. The number of nitrogens with one attached hydrogen (secondary N) is 1. The van der Waals surface area contributed by atoms with Crippen molar-refractivity contribution in [1.29, 1.82) is 0 Å². The van der Waals surface area contributed by atoms with Crippen molar-refractivity contribution in [3.8, 4) is 11.3 Å². The fraction of sp³-hybridized carbons (Fsp3) is 0.292. The summed E-state index contributed by atoms with van der Waals surface area (Å²) in [4.78, 5) is 25.4. The number of carbonyl (C=O) groups excluding carboxylic acids is 1. The molecule has 0 radical (unpaired) electrons. The minimum Gasteiger partial charge on any atom is -0.353 e. The van der Waals surface area contributed by atoms with E-state index in [1.54, 1.807) is 6.07 Å². The largest absolute Gasteiger partial charge is 0.353 e. The Labute approximate surface area is 180 Å². The second-order valence-corrected chi connectivity index (χ2v) is 8.13. The number of hydrogen-bond donors (Lipinski definition) is 1. The molecule has 1 aliphatic carbocycles. The standard InChI is InChI=1S/C24H24ClN3O2/c25-20-10-8-19(9-11-20)24(14-4-5-15-24)23(30)26-16-17-28-22(29)13-12-21(27-28)18-6-2-1-3-7-18/h1-3,6-13H,4-5,14-17H2,(H,26,30). The van der Waals surface area contributed by atoms with Gasteiger partial charge in [-0.1, -0.05) is 66.9 Å². The quantitative estimate of drug-likeness (QED) is 0.649. The van der Waals surface area contributed by atoms with E-state index < -0.39 is 5.41 Å². The van der Waals surface area contributed by atoms with Crippen LogP contribution in [0.4, 0.5) is 0 Å². The Balaban J connectivity index is 1.46. The van der Waals surface area contributed by atoms with Gasteiger partial charge in [0.2, 0.25) is 5.91 Å². The Morgan fingerprint density at radius 2 is 1.70 bits per heavy atom. The minimum atomic E-state index is -0.519. The molecule has 154 valence electrons. The molecule has 30 heavy (non-hydrogen) atoms. The van der Waals surface area contributed by atoms with Crippen molar-refractivity contribution in [3.63, 3.8) is 0 Å². The van der Waals surface area contributed by atoms with Crippen molar-refractivity contribution in [2.24, 2.45) is 0 Å². The van der Waals surface area contributed by atoms with E-state index in [1.807, 2.05) is 54.6 Å². The Kier molecular flexibility index (Phi) is 6.00. The fourth-order valence-electron chi connectivity index (χ4n) is 4.21. The maximum absolute atomic E-state index is 13.2. The molecule has 0 spiro atoms. The van der Waals surface area contributed by atoms with Crippen LogP contribution in [0.5, 0.6) is 0 Å². The van der Waals surface area contributed by atoms with Crippen molar-refractivity contribution in [1.82, 2.24) is 15.1 Å². The third-order valence-corrected chi connectivity index (χ3v) is 6.09. The van der Waals surface area contributed by atoms with Crippen molar-refractivity contribution in [2.45, 2.75) is 37.6 Å². The molecule has 0 aliphatic heterocycles. The molecule has 1 aliphatic rings. The van der Waals surface area contributed by atoms with Gasteiger partial charge in [0.25, 0.3) is 5.56 Å². The van der Waals surface area contributed by atoms with Crippen molar-refractivity contribution in [3.05, 3.63) is 87.7 Å². The lowest BCUT2D eigenvalue weighted by Gasteiger charge is -2.28. The number of benzene rings is 2. The molecule has 1 fully saturated rings. The van der Waals surface area contributed by atoms with Crippen LogP contribution >= 0.6 is 11.6 Å². The van der Waals surface area contributed by atoms with Crippen molar-refractivity contribution in [2.75, 3.05) is 6.54 Å². The smallest absolute Gasteiger partial charge is 0.266 e. The zero-order valence-electron chi connectivity index (χ0n) is 16.7. The van der Waals surface area contributed by atoms with Crippen LogP contribution < -0.4 is 10.9 Å². The van der Waals surface area contributed by atoms with Gasteiger partial charge in [-0.3, -0.25) is 9.59 Å². The Morgan fingerprint density at radius 3 is 2.40 bits per heavy atom. The SMILES string of the molecule is O=C(NCCn1nc(-c2ccccc2)ccc1=O)C1(c2ccc(Cl)cc2)CCCC1. The Hall–Kier alpha value is -2.92. The molecule has 2 aromatic carbocycles. The van der Waals surface area contributed by atoms with Crippen molar-refractivity contribution < 1.29 is 4.79 Å². The molecule has 4 rings (SSSR count). The number of amides is 1. The predicted octanol–water partition coefficient (Wildman–Crippen LogP) is 4.19. The molecule has 0 atom stereocenters. The van der Waals surface area contributed by atoms with Gasteiger partial charge in [0.1, 0.15) is 0 Å². The van der Waals surface area contributed by atoms with Crippen LogP contribution in [0.2, 0.25) is 5.02 Å². The number of carbonyl (C=O) groups is 1. The van der Waals surface area contributed by atoms with Gasteiger partial charge in [-0.15, -0.1) is 0 Å². The van der Waals surface area contributed by atoms with Gasteiger partial charge >= 0.3 is 0 Å². The first-order valence-corrected chi connectivity index (χ1v) is 10.6. The molecular formula is C24H24ClN3O2. The highest BCUT2D eigenvalue weighted by molar-refractivity contribution is 6.30. The molecule has 1 heterocycles. The summed E-state index contributed by atoms with van der Waals surface area (Å²) in [6, 6.07) is 20.5. The second-order valence-electron chi connectivity index (χ2n) is 7.70. The van der Waals surface area contributed by atoms with Gasteiger partial charge in [0, 0.05) is 23.2 Å². The summed E-state index contributed by atoms with van der Waals surface area (Å²) in [6.45, 7) is 0.668. The second kappa shape index (κ2) is 8.84. The highest BCUT2D eigenvalue weighted by Gasteiger charge is 2.42. The van der Waals surface area contributed by atoms with E-state index in [9.17, 15) is 9.59 Å². The normalized spacial score (nSPS) is 15.1. The lowest BCUT2D eigenvalue weighted by molar-refractivity contribution is -0.126. The van der Waals surface area contributed by atoms with Gasteiger partial charge < -0.3 is 5.32 Å². The van der Waals surface area contributed by atoms with Crippen LogP contribution in [0.25, 0.3) is 11.3 Å². The average Bonchev–Trinajstić information content (AvgIpc) is 3.27. The third kappa shape index (κ3) is 4.17. The summed E-state index contributed by atoms with van der Waals surface area (Å²) in [6.07, 6.45) is 3.69. The van der Waals surface area contributed by atoms with E-state index in [0.29, 0.717) is 18.1 Å². The summed E-state index contributed by atoms with van der Waals surface area (Å²) >= 11 is 6.03. The van der Waals surface area contributed by atoms with Gasteiger partial charge in [-0.05, 0) is 36.6 Å². The van der Waals surface area contributed by atoms with Crippen LogP contribution in [0.15, 0.2) is 71.5 Å². The van der Waals surface area contributed by atoms with E-state index >= 15 is 0 Å². The summed E-state index contributed by atoms with van der Waals surface area (Å²) in [5, 5.41) is 8.17. The number of halogens is 1. The zero-order valence-corrected chi connectivity index (χ0v) is 17.4. The van der Waals surface area contributed by atoms with E-state index in [4.69, 9.17) is 11.6 Å². The molecule has 0 bridgehead atoms. The van der Waals surface area contributed by atoms with Gasteiger partial charge in [0.05, 0.1) is 17.7 Å². The molecule has 3 aromatic rings. The van der Waals surface area contributed by atoms with E-state index in [2.05, 4.69) is 10.4 Å². The van der Waals surface area contributed by atoms with Crippen LogP contribution in [0, 0.1) is 0 Å². The maximum Gasteiger partial charge on any atom is 0.266 e. The maximum atomic E-state index is 13.2. The summed E-state index contributed by atoms with van der Waals surface area (Å²) in [5.41, 5.74) is 1.98. The highest BCUT2D eigenvalue weighted by Crippen LogP contribution is 2.41. The lowest BCUT2D eigenvalue weighted by Crippen LogP contribution is -2.44. The minimum absolute atomic E-state index is 0.00888. The first-order valence-electron chi connectivity index (χ1n) is 10.3. The number of hydrogen-bond acceptors (Lipinski definition) is 3. The number of rotatable bonds is 6. The van der Waals surface area contributed by atoms with Gasteiger partial charge in [-0.25, -0.2) is 4.68 Å². The highest BCUT2D eigenvalue weighted by atomic mass is 35.5. The Bertz CT molecular complexity index is 1070. The molecule has 1 N–H and O–H groups in total. The monoisotopic (exact) mass is 421 g/mol. The predicted molar refractivity (Wildman–Crippen MR) is 119 cm³/mol. The lowest BCUT2D eigenvalue weighted by atomic mass is 9.78.